The first kappa shape index (κ1) is 25.9. The van der Waals surface area contributed by atoms with Gasteiger partial charge in [0.1, 0.15) is 11.5 Å². The van der Waals surface area contributed by atoms with E-state index in [1.807, 2.05) is 20.8 Å². The van der Waals surface area contributed by atoms with Crippen LogP contribution in [0.1, 0.15) is 39.4 Å². The molecule has 2 aromatic rings. The second-order valence-electron chi connectivity index (χ2n) is 9.93. The molecule has 0 amide bonds. The average Bonchev–Trinajstić information content (AvgIpc) is 2.65. The molecule has 0 fully saturated rings. The lowest BCUT2D eigenvalue weighted by Crippen LogP contribution is -2.42. The molecule has 0 N–H and O–H groups in total. The molecule has 0 saturated carbocycles. The van der Waals surface area contributed by atoms with Crippen molar-refractivity contribution < 1.29 is 18.1 Å². The lowest BCUT2D eigenvalue weighted by molar-refractivity contribution is 0.0746. The van der Waals surface area contributed by atoms with Crippen molar-refractivity contribution in [1.82, 2.24) is 14.1 Å². The van der Waals surface area contributed by atoms with Gasteiger partial charge in [-0.1, -0.05) is 19.6 Å². The van der Waals surface area contributed by atoms with Gasteiger partial charge in [-0.05, 0) is 45.9 Å². The molecule has 0 bridgehead atoms. The van der Waals surface area contributed by atoms with Gasteiger partial charge in [0.15, 0.2) is 11.6 Å². The number of hydrogen-bond donors (Lipinski definition) is 0. The Hall–Kier alpha value is -1.33. The highest BCUT2D eigenvalue weighted by Crippen LogP contribution is 2.30. The van der Waals surface area contributed by atoms with Gasteiger partial charge >= 0.3 is 0 Å². The second kappa shape index (κ2) is 9.66. The quantitative estimate of drug-likeness (QED) is 0.322. The van der Waals surface area contributed by atoms with Crippen LogP contribution in [0.4, 0.5) is 8.78 Å². The fourth-order valence-corrected chi connectivity index (χ4v) is 4.99. The number of fused-ring (bicyclic) bond motifs is 1. The third-order valence-corrected chi connectivity index (χ3v) is 8.56. The predicted octanol–water partition coefficient (Wildman–Crippen LogP) is 4.44. The molecule has 1 heterocycles. The summed E-state index contributed by atoms with van der Waals surface area (Å²) in [5.74, 6) is -2.17. The van der Waals surface area contributed by atoms with Gasteiger partial charge in [-0.15, -0.1) is 4.31 Å². The van der Waals surface area contributed by atoms with E-state index in [9.17, 15) is 18.1 Å². The summed E-state index contributed by atoms with van der Waals surface area (Å²) in [6.45, 7) is 14.4. The Labute approximate surface area is 186 Å². The van der Waals surface area contributed by atoms with Crippen molar-refractivity contribution in [1.29, 1.82) is 0 Å². The van der Waals surface area contributed by atoms with Crippen molar-refractivity contribution in [3.05, 3.63) is 39.8 Å². The first-order valence-corrected chi connectivity index (χ1v) is 15.1. The number of benzene rings is 1. The van der Waals surface area contributed by atoms with E-state index in [0.29, 0.717) is 12.3 Å². The van der Waals surface area contributed by atoms with Crippen molar-refractivity contribution in [3.63, 3.8) is 0 Å². The summed E-state index contributed by atoms with van der Waals surface area (Å²) in [4.78, 5) is 12.9. The Morgan fingerprint density at radius 3 is 2.29 bits per heavy atom. The minimum Gasteiger partial charge on any atom is -0.597 e. The van der Waals surface area contributed by atoms with Crippen molar-refractivity contribution in [2.75, 3.05) is 13.7 Å². The Morgan fingerprint density at radius 1 is 1.23 bits per heavy atom. The molecule has 2 atom stereocenters. The fraction of sp³-hybridized carbons (Fsp3) is 0.619. The predicted molar refractivity (Wildman–Crippen MR) is 124 cm³/mol. The number of hydrogen-bond acceptors (Lipinski definition) is 5. The van der Waals surface area contributed by atoms with Gasteiger partial charge in [-0.2, -0.15) is 5.10 Å². The number of aromatic nitrogens is 2. The molecular formula is C21H33F2N3O3SSi. The lowest BCUT2D eigenvalue weighted by Gasteiger charge is -2.33. The number of ether oxygens (including phenoxy) is 1. The van der Waals surface area contributed by atoms with E-state index in [1.54, 1.807) is 18.3 Å². The van der Waals surface area contributed by atoms with Gasteiger partial charge < -0.3 is 9.29 Å². The zero-order valence-corrected chi connectivity index (χ0v) is 21.4. The molecule has 0 radical (unpaired) electrons. The Bertz CT molecular complexity index is 989. The van der Waals surface area contributed by atoms with E-state index in [1.165, 1.54) is 0 Å². The zero-order chi connectivity index (χ0) is 23.7. The molecule has 1 aromatic carbocycles. The van der Waals surface area contributed by atoms with Crippen LogP contribution in [-0.4, -0.2) is 45.1 Å². The maximum absolute atomic E-state index is 14.0. The van der Waals surface area contributed by atoms with Crippen molar-refractivity contribution >= 4 is 30.2 Å². The minimum absolute atomic E-state index is 0.0134. The maximum Gasteiger partial charge on any atom is 0.276 e. The molecule has 1 unspecified atom stereocenters. The molecule has 31 heavy (non-hydrogen) atoms. The summed E-state index contributed by atoms with van der Waals surface area (Å²) in [5, 5.41) is 4.63. The van der Waals surface area contributed by atoms with Crippen LogP contribution < -0.4 is 5.56 Å². The minimum atomic E-state index is -1.38. The normalized spacial score (nSPS) is 15.0. The van der Waals surface area contributed by atoms with E-state index in [2.05, 4.69) is 24.7 Å². The second-order valence-corrected chi connectivity index (χ2v) is 17.9. The van der Waals surface area contributed by atoms with Crippen LogP contribution in [0.5, 0.6) is 0 Å². The number of halogens is 2. The molecule has 2 rings (SSSR count). The van der Waals surface area contributed by atoms with Crippen molar-refractivity contribution in [3.8, 4) is 0 Å². The molecule has 1 aromatic heterocycles. The van der Waals surface area contributed by atoms with Gasteiger partial charge in [0, 0.05) is 38.5 Å². The van der Waals surface area contributed by atoms with Gasteiger partial charge in [0.05, 0.1) is 17.1 Å². The summed E-state index contributed by atoms with van der Waals surface area (Å²) in [6.07, 6.45) is 0. The third kappa shape index (κ3) is 6.35. The zero-order valence-electron chi connectivity index (χ0n) is 19.6. The highest BCUT2D eigenvalue weighted by Gasteiger charge is 2.35. The van der Waals surface area contributed by atoms with Gasteiger partial charge in [0.2, 0.25) is 0 Å². The SMILES string of the molecule is C[C@H](c1nn(COCC[Si](C)(C)C)c(=O)c2cc(F)c(F)cc12)N(C)[S+]([O-])C(C)(C)C. The Morgan fingerprint density at radius 2 is 1.77 bits per heavy atom. The first-order valence-electron chi connectivity index (χ1n) is 10.3. The van der Waals surface area contributed by atoms with Gasteiger partial charge in [-0.25, -0.2) is 13.5 Å². The van der Waals surface area contributed by atoms with E-state index in [0.717, 1.165) is 22.9 Å². The van der Waals surface area contributed by atoms with Crippen LogP contribution in [0.15, 0.2) is 16.9 Å². The molecule has 0 aliphatic rings. The molecule has 0 saturated heterocycles. The summed E-state index contributed by atoms with van der Waals surface area (Å²) >= 11 is -1.38. The van der Waals surface area contributed by atoms with Crippen LogP contribution >= 0.6 is 0 Å². The van der Waals surface area contributed by atoms with E-state index in [4.69, 9.17) is 4.74 Å². The first-order chi connectivity index (χ1) is 14.1. The number of nitrogens with zero attached hydrogens (tertiary/aromatic N) is 3. The summed E-state index contributed by atoms with van der Waals surface area (Å²) in [7, 11) is 0.375. The summed E-state index contributed by atoms with van der Waals surface area (Å²) < 4.78 is 48.7. The van der Waals surface area contributed by atoms with E-state index in [-0.39, 0.29) is 17.5 Å². The summed E-state index contributed by atoms with van der Waals surface area (Å²) in [6, 6.07) is 2.27. The monoisotopic (exact) mass is 473 g/mol. The fourth-order valence-electron chi connectivity index (χ4n) is 2.98. The lowest BCUT2D eigenvalue weighted by atomic mass is 10.1. The smallest absolute Gasteiger partial charge is 0.276 e. The largest absolute Gasteiger partial charge is 0.597 e. The van der Waals surface area contributed by atoms with Crippen molar-refractivity contribution in [2.24, 2.45) is 0 Å². The molecule has 0 aliphatic heterocycles. The Kier molecular flexibility index (Phi) is 8.08. The third-order valence-electron chi connectivity index (χ3n) is 4.97. The van der Waals surface area contributed by atoms with E-state index < -0.39 is 47.4 Å². The average molecular weight is 474 g/mol. The van der Waals surface area contributed by atoms with Crippen LogP contribution in [0.25, 0.3) is 10.8 Å². The molecule has 10 heteroatoms. The molecule has 6 nitrogen and oxygen atoms in total. The van der Waals surface area contributed by atoms with Crippen LogP contribution in [0, 0.1) is 11.6 Å². The van der Waals surface area contributed by atoms with E-state index >= 15 is 0 Å². The molecular weight excluding hydrogens is 440 g/mol. The van der Waals surface area contributed by atoms with Crippen LogP contribution in [0.3, 0.4) is 0 Å². The van der Waals surface area contributed by atoms with Crippen molar-refractivity contribution in [2.45, 2.75) is 70.9 Å². The van der Waals surface area contributed by atoms with Crippen LogP contribution in [-0.2, 0) is 22.8 Å². The maximum atomic E-state index is 14.0. The van der Waals surface area contributed by atoms with Crippen LogP contribution in [0.2, 0.25) is 25.7 Å². The molecule has 174 valence electrons. The highest BCUT2D eigenvalue weighted by atomic mass is 32.2. The standard InChI is InChI=1S/C21H33F2N3O3SSi/c1-14(25(5)30(28)21(2,3)4)19-15-11-17(22)18(23)12-16(15)20(27)26(24-19)13-29-9-10-31(6,7)8/h11-12,14H,9-10,13H2,1-8H3/t14-,30?/m1/s1. The van der Waals surface area contributed by atoms with Gasteiger partial charge in [0.25, 0.3) is 5.56 Å². The van der Waals surface area contributed by atoms with Gasteiger partial charge in [-0.3, -0.25) is 4.79 Å². The molecule has 0 spiro atoms. The molecule has 0 aliphatic carbocycles. The topological polar surface area (TPSA) is 70.4 Å². The Balaban J connectivity index is 2.51. The summed E-state index contributed by atoms with van der Waals surface area (Å²) in [5.41, 5.74) is -0.222. The highest BCUT2D eigenvalue weighted by molar-refractivity contribution is 7.90. The number of rotatable bonds is 8.